The highest BCUT2D eigenvalue weighted by molar-refractivity contribution is 6.85. The summed E-state index contributed by atoms with van der Waals surface area (Å²) in [4.78, 5) is 11.7. The predicted octanol–water partition coefficient (Wildman–Crippen LogP) is 4.88. The Kier molecular flexibility index (Phi) is 5.99. The number of carbonyl (C=O) groups is 1. The molecule has 118 valence electrons. The maximum Gasteiger partial charge on any atom is 0.331 e. The minimum absolute atomic E-state index is 0.213. The number of esters is 1. The van der Waals surface area contributed by atoms with Crippen LogP contribution in [-0.4, -0.2) is 28.7 Å². The maximum atomic E-state index is 11.7. The second-order valence-electron chi connectivity index (χ2n) is 7.74. The van der Waals surface area contributed by atoms with Crippen molar-refractivity contribution in [1.82, 2.24) is 0 Å². The van der Waals surface area contributed by atoms with Crippen molar-refractivity contribution in [1.29, 1.82) is 0 Å². The summed E-state index contributed by atoms with van der Waals surface area (Å²) < 4.78 is 5.06. The molecule has 0 unspecified atom stereocenters. The predicted molar refractivity (Wildman–Crippen MR) is 96.8 cm³/mol. The lowest BCUT2D eigenvalue weighted by atomic mass is 10.1. The van der Waals surface area contributed by atoms with Crippen LogP contribution in [0.15, 0.2) is 34.2 Å². The van der Waals surface area contributed by atoms with Crippen LogP contribution in [0.2, 0.25) is 39.3 Å². The molecule has 2 nitrogen and oxygen atoms in total. The molecule has 0 fully saturated rings. The van der Waals surface area contributed by atoms with Gasteiger partial charge in [-0.2, -0.15) is 0 Å². The fraction of sp³-hybridized carbons (Fsp3) is 0.588. The second kappa shape index (κ2) is 6.92. The smallest absolute Gasteiger partial charge is 0.331 e. The average molecular weight is 323 g/mol. The van der Waals surface area contributed by atoms with E-state index in [-0.39, 0.29) is 5.97 Å². The quantitative estimate of drug-likeness (QED) is 0.419. The Morgan fingerprint density at radius 3 is 2.19 bits per heavy atom. The maximum absolute atomic E-state index is 11.7. The third-order valence-corrected chi connectivity index (χ3v) is 8.11. The van der Waals surface area contributed by atoms with E-state index in [4.69, 9.17) is 4.74 Å². The van der Waals surface area contributed by atoms with Crippen LogP contribution in [0.3, 0.4) is 0 Å². The molecule has 21 heavy (non-hydrogen) atoms. The zero-order chi connectivity index (χ0) is 16.3. The minimum Gasteiger partial charge on any atom is -0.463 e. The van der Waals surface area contributed by atoms with Gasteiger partial charge in [-0.1, -0.05) is 61.8 Å². The molecule has 0 heterocycles. The molecule has 0 saturated heterocycles. The molecule has 0 aliphatic heterocycles. The zero-order valence-electron chi connectivity index (χ0n) is 14.7. The van der Waals surface area contributed by atoms with Crippen molar-refractivity contribution in [2.24, 2.45) is 0 Å². The lowest BCUT2D eigenvalue weighted by Crippen LogP contribution is -2.27. The molecule has 4 heteroatoms. The Hall–Kier alpha value is -0.876. The van der Waals surface area contributed by atoms with E-state index in [1.165, 1.54) is 5.20 Å². The van der Waals surface area contributed by atoms with Gasteiger partial charge in [-0.05, 0) is 25.3 Å². The van der Waals surface area contributed by atoms with E-state index in [0.717, 1.165) is 18.4 Å². The summed E-state index contributed by atoms with van der Waals surface area (Å²) in [6, 6.07) is 0. The number of hydrogen-bond donors (Lipinski definition) is 0. The van der Waals surface area contributed by atoms with Crippen LogP contribution in [0.25, 0.3) is 0 Å². The highest BCUT2D eigenvalue weighted by Crippen LogP contribution is 2.31. The Morgan fingerprint density at radius 1 is 1.10 bits per heavy atom. The lowest BCUT2D eigenvalue weighted by Gasteiger charge is -2.23. The van der Waals surface area contributed by atoms with Crippen molar-refractivity contribution >= 4 is 22.1 Å². The molecular weight excluding hydrogens is 292 g/mol. The van der Waals surface area contributed by atoms with Crippen molar-refractivity contribution in [3.05, 3.63) is 34.2 Å². The summed E-state index contributed by atoms with van der Waals surface area (Å²) in [5.74, 6) is -0.213. The van der Waals surface area contributed by atoms with Gasteiger partial charge in [0.1, 0.15) is 0 Å². The Bertz CT molecular complexity index is 486. The van der Waals surface area contributed by atoms with Gasteiger partial charge in [-0.15, -0.1) is 0 Å². The van der Waals surface area contributed by atoms with E-state index in [2.05, 4.69) is 51.4 Å². The van der Waals surface area contributed by atoms with Gasteiger partial charge in [-0.3, -0.25) is 0 Å². The molecule has 0 atom stereocenters. The fourth-order valence-corrected chi connectivity index (χ4v) is 5.16. The third-order valence-electron chi connectivity index (χ3n) is 3.77. The number of carbonyl (C=O) groups excluding carboxylic acids is 1. The van der Waals surface area contributed by atoms with E-state index in [1.54, 1.807) is 11.3 Å². The summed E-state index contributed by atoms with van der Waals surface area (Å²) in [7, 11) is -2.70. The van der Waals surface area contributed by atoms with Crippen molar-refractivity contribution in [2.75, 3.05) is 6.61 Å². The van der Waals surface area contributed by atoms with Gasteiger partial charge >= 0.3 is 5.97 Å². The van der Waals surface area contributed by atoms with Crippen molar-refractivity contribution in [2.45, 2.75) is 59.0 Å². The minimum atomic E-state index is -1.41. The first-order valence-corrected chi connectivity index (χ1v) is 14.8. The lowest BCUT2D eigenvalue weighted by molar-refractivity contribution is -0.137. The van der Waals surface area contributed by atoms with E-state index in [0.29, 0.717) is 6.61 Å². The van der Waals surface area contributed by atoms with E-state index in [1.807, 2.05) is 6.92 Å². The molecule has 0 aromatic rings. The molecule has 0 aromatic carbocycles. The first-order chi connectivity index (χ1) is 9.54. The summed E-state index contributed by atoms with van der Waals surface area (Å²) >= 11 is 0. The normalized spacial score (nSPS) is 18.9. The van der Waals surface area contributed by atoms with E-state index in [9.17, 15) is 4.79 Å². The topological polar surface area (TPSA) is 26.3 Å². The van der Waals surface area contributed by atoms with Crippen LogP contribution in [0.5, 0.6) is 0 Å². The van der Waals surface area contributed by atoms with E-state index < -0.39 is 16.1 Å². The number of hydrogen-bond acceptors (Lipinski definition) is 2. The largest absolute Gasteiger partial charge is 0.463 e. The molecule has 0 saturated carbocycles. The van der Waals surface area contributed by atoms with Crippen LogP contribution in [0, 0.1) is 0 Å². The first-order valence-electron chi connectivity index (χ1n) is 7.84. The van der Waals surface area contributed by atoms with Crippen LogP contribution < -0.4 is 0 Å². The summed E-state index contributed by atoms with van der Waals surface area (Å²) in [6.07, 6.45) is 8.40. The third kappa shape index (κ3) is 5.79. The number of rotatable bonds is 4. The van der Waals surface area contributed by atoms with Crippen LogP contribution in [0.1, 0.15) is 19.8 Å². The van der Waals surface area contributed by atoms with Crippen molar-refractivity contribution < 1.29 is 9.53 Å². The van der Waals surface area contributed by atoms with Crippen molar-refractivity contribution in [3.8, 4) is 0 Å². The summed E-state index contributed by atoms with van der Waals surface area (Å²) in [6.45, 7) is 16.6. The van der Waals surface area contributed by atoms with Gasteiger partial charge in [0.15, 0.2) is 0 Å². The molecule has 0 N–H and O–H groups in total. The fourth-order valence-electron chi connectivity index (χ4n) is 2.33. The van der Waals surface area contributed by atoms with Gasteiger partial charge in [0.2, 0.25) is 0 Å². The van der Waals surface area contributed by atoms with Gasteiger partial charge in [0.05, 0.1) is 22.8 Å². The second-order valence-corrected chi connectivity index (χ2v) is 18.0. The molecule has 0 spiro atoms. The average Bonchev–Trinajstić information content (AvgIpc) is 2.50. The van der Waals surface area contributed by atoms with Gasteiger partial charge < -0.3 is 4.74 Å². The molecule has 0 radical (unpaired) electrons. The highest BCUT2D eigenvalue weighted by atomic mass is 28.3. The summed E-state index contributed by atoms with van der Waals surface area (Å²) in [5.41, 5.74) is 1.12. The SMILES string of the molecule is CCOC(=O)/C=C1/C=C([Si](C)(C)C)C=C([Si](C)(C)C)CC1. The monoisotopic (exact) mass is 322 g/mol. The van der Waals surface area contributed by atoms with Crippen LogP contribution in [-0.2, 0) is 9.53 Å². The number of allylic oxidation sites excluding steroid dienone is 5. The standard InChI is InChI=1S/C17H30O2Si2/c1-8-19-17(18)12-14-9-10-15(20(2,3)4)13-16(11-14)21(5,6)7/h11-13H,8-10H2,1-7H3/b14-12+. The molecule has 0 aromatic heterocycles. The Labute approximate surface area is 132 Å². The van der Waals surface area contributed by atoms with Gasteiger partial charge in [0, 0.05) is 6.08 Å². The number of ether oxygens (including phenoxy) is 1. The van der Waals surface area contributed by atoms with Crippen LogP contribution in [0.4, 0.5) is 0 Å². The molecule has 1 rings (SSSR count). The van der Waals surface area contributed by atoms with Gasteiger partial charge in [0.25, 0.3) is 0 Å². The Morgan fingerprint density at radius 2 is 1.71 bits per heavy atom. The highest BCUT2D eigenvalue weighted by Gasteiger charge is 2.26. The summed E-state index contributed by atoms with van der Waals surface area (Å²) in [5, 5.41) is 3.07. The molecule has 1 aliphatic rings. The molecule has 0 amide bonds. The molecular formula is C17H30O2Si2. The van der Waals surface area contributed by atoms with Gasteiger partial charge in [-0.25, -0.2) is 4.79 Å². The van der Waals surface area contributed by atoms with Crippen molar-refractivity contribution in [3.63, 3.8) is 0 Å². The Balaban J connectivity index is 3.17. The molecule has 0 bridgehead atoms. The van der Waals surface area contributed by atoms with E-state index >= 15 is 0 Å². The zero-order valence-corrected chi connectivity index (χ0v) is 16.7. The first kappa shape index (κ1) is 18.2. The molecule has 1 aliphatic carbocycles. The van der Waals surface area contributed by atoms with Crippen LogP contribution >= 0.6 is 0 Å².